The first-order chi connectivity index (χ1) is 7.74. The highest BCUT2D eigenvalue weighted by atomic mass is 16.2. The first-order valence-electron chi connectivity index (χ1n) is 5.42. The molecule has 1 heterocycles. The van der Waals surface area contributed by atoms with Crippen molar-refractivity contribution in [3.63, 3.8) is 0 Å². The van der Waals surface area contributed by atoms with E-state index in [4.69, 9.17) is 0 Å². The van der Waals surface area contributed by atoms with Crippen molar-refractivity contribution in [1.82, 2.24) is 4.90 Å². The number of amides is 2. The maximum Gasteiger partial charge on any atom is 0.263 e. The minimum Gasteiger partial charge on any atom is -0.387 e. The molecule has 2 amide bonds. The number of anilines is 1. The lowest BCUT2D eigenvalue weighted by atomic mass is 10.1. The summed E-state index contributed by atoms with van der Waals surface area (Å²) in [5.41, 5.74) is 1.80. The van der Waals surface area contributed by atoms with Crippen LogP contribution in [-0.2, 0) is 0 Å². The van der Waals surface area contributed by atoms with Crippen molar-refractivity contribution in [2.75, 3.05) is 12.4 Å². The van der Waals surface area contributed by atoms with E-state index in [0.717, 1.165) is 18.5 Å². The smallest absolute Gasteiger partial charge is 0.263 e. The zero-order valence-electron chi connectivity index (χ0n) is 8.99. The van der Waals surface area contributed by atoms with E-state index in [1.807, 2.05) is 6.07 Å². The molecule has 1 N–H and O–H groups in total. The van der Waals surface area contributed by atoms with Crippen molar-refractivity contribution in [3.8, 4) is 0 Å². The number of nitrogens with one attached hydrogen (secondary N) is 1. The van der Waals surface area contributed by atoms with Crippen molar-refractivity contribution >= 4 is 17.5 Å². The van der Waals surface area contributed by atoms with Crippen LogP contribution < -0.4 is 5.32 Å². The second-order valence-electron chi connectivity index (χ2n) is 4.19. The fraction of sp³-hybridized carbons (Fsp3) is 0.333. The molecule has 0 bridgehead atoms. The van der Waals surface area contributed by atoms with E-state index in [-0.39, 0.29) is 17.9 Å². The van der Waals surface area contributed by atoms with Gasteiger partial charge in [-0.2, -0.15) is 0 Å². The van der Waals surface area contributed by atoms with Crippen LogP contribution in [0.3, 0.4) is 0 Å². The van der Waals surface area contributed by atoms with E-state index < -0.39 is 0 Å². The molecule has 1 fully saturated rings. The first-order valence-corrected chi connectivity index (χ1v) is 5.42. The lowest BCUT2D eigenvalue weighted by Crippen LogP contribution is -2.31. The molecule has 0 aromatic heterocycles. The number of hydrogen-bond acceptors (Lipinski definition) is 3. The second kappa shape index (κ2) is 3.07. The summed E-state index contributed by atoms with van der Waals surface area (Å²) in [5.74, 6) is -0.285. The molecule has 4 nitrogen and oxygen atoms in total. The summed E-state index contributed by atoms with van der Waals surface area (Å²) in [6.45, 7) is 0. The van der Waals surface area contributed by atoms with Gasteiger partial charge in [0.25, 0.3) is 11.8 Å². The average molecular weight is 216 g/mol. The van der Waals surface area contributed by atoms with Crippen molar-refractivity contribution in [2.24, 2.45) is 0 Å². The van der Waals surface area contributed by atoms with Crippen LogP contribution >= 0.6 is 0 Å². The van der Waals surface area contributed by atoms with Gasteiger partial charge in [0.15, 0.2) is 0 Å². The molecule has 0 spiro atoms. The molecule has 16 heavy (non-hydrogen) atoms. The Hall–Kier alpha value is -1.84. The van der Waals surface area contributed by atoms with Crippen LogP contribution in [0.2, 0.25) is 0 Å². The Balaban J connectivity index is 2.14. The Kier molecular flexibility index (Phi) is 1.80. The van der Waals surface area contributed by atoms with Gasteiger partial charge in [0.2, 0.25) is 0 Å². The van der Waals surface area contributed by atoms with Crippen LogP contribution in [0.25, 0.3) is 0 Å². The summed E-state index contributed by atoms with van der Waals surface area (Å²) in [5, 5.41) is 2.96. The van der Waals surface area contributed by atoms with Crippen molar-refractivity contribution in [3.05, 3.63) is 29.3 Å². The zero-order valence-corrected chi connectivity index (χ0v) is 8.99. The number of fused-ring (bicyclic) bond motifs is 1. The van der Waals surface area contributed by atoms with Crippen LogP contribution in [0.15, 0.2) is 18.2 Å². The Bertz CT molecular complexity index is 492. The van der Waals surface area contributed by atoms with E-state index in [9.17, 15) is 9.59 Å². The highest BCUT2D eigenvalue weighted by Crippen LogP contribution is 2.36. The first kappa shape index (κ1) is 9.39. The van der Waals surface area contributed by atoms with Crippen LogP contribution in [-0.4, -0.2) is 29.8 Å². The third-order valence-corrected chi connectivity index (χ3v) is 3.13. The highest BCUT2D eigenvalue weighted by Gasteiger charge is 2.45. The largest absolute Gasteiger partial charge is 0.387 e. The molecule has 1 aromatic carbocycles. The molecule has 4 heteroatoms. The summed E-state index contributed by atoms with van der Waals surface area (Å²) >= 11 is 0. The zero-order chi connectivity index (χ0) is 11.3. The van der Waals surface area contributed by atoms with Gasteiger partial charge >= 0.3 is 0 Å². The molecule has 0 radical (unpaired) electrons. The second-order valence-corrected chi connectivity index (χ2v) is 4.19. The van der Waals surface area contributed by atoms with Crippen LogP contribution in [0.4, 0.5) is 5.69 Å². The van der Waals surface area contributed by atoms with Gasteiger partial charge in [-0.25, -0.2) is 0 Å². The molecule has 0 unspecified atom stereocenters. The van der Waals surface area contributed by atoms with Crippen molar-refractivity contribution in [2.45, 2.75) is 18.9 Å². The minimum absolute atomic E-state index is 0.136. The molecule has 0 saturated heterocycles. The number of benzene rings is 1. The normalized spacial score (nSPS) is 18.9. The number of imide groups is 1. The molecular weight excluding hydrogens is 204 g/mol. The SMILES string of the molecule is CNc1cccc2c1C(=O)N(C1CC1)C2=O. The van der Waals surface area contributed by atoms with E-state index in [1.54, 1.807) is 19.2 Å². The number of carbonyl (C=O) groups is 2. The third-order valence-electron chi connectivity index (χ3n) is 3.13. The maximum absolute atomic E-state index is 12.1. The lowest BCUT2D eigenvalue weighted by molar-refractivity contribution is 0.0643. The summed E-state index contributed by atoms with van der Waals surface area (Å²) in [6.07, 6.45) is 1.89. The van der Waals surface area contributed by atoms with E-state index in [2.05, 4.69) is 5.32 Å². The number of rotatable bonds is 2. The van der Waals surface area contributed by atoms with Crippen LogP contribution in [0, 0.1) is 0 Å². The standard InChI is InChI=1S/C12H12N2O2/c1-13-9-4-2-3-8-10(9)12(16)14(11(8)15)7-5-6-7/h2-4,7,13H,5-6H2,1H3. The van der Waals surface area contributed by atoms with Crippen molar-refractivity contribution < 1.29 is 9.59 Å². The monoisotopic (exact) mass is 216 g/mol. The molecule has 82 valence electrons. The van der Waals surface area contributed by atoms with Gasteiger partial charge in [-0.3, -0.25) is 14.5 Å². The van der Waals surface area contributed by atoms with Gasteiger partial charge in [-0.15, -0.1) is 0 Å². The summed E-state index contributed by atoms with van der Waals surface area (Å²) in [4.78, 5) is 25.6. The van der Waals surface area contributed by atoms with Gasteiger partial charge in [-0.1, -0.05) is 6.07 Å². The maximum atomic E-state index is 12.1. The highest BCUT2D eigenvalue weighted by molar-refractivity contribution is 6.24. The topological polar surface area (TPSA) is 49.4 Å². The number of carbonyl (C=O) groups excluding carboxylic acids is 2. The Morgan fingerprint density at radius 3 is 2.62 bits per heavy atom. The Labute approximate surface area is 93.2 Å². The van der Waals surface area contributed by atoms with Crippen LogP contribution in [0.1, 0.15) is 33.6 Å². The number of hydrogen-bond donors (Lipinski definition) is 1. The fourth-order valence-electron chi connectivity index (χ4n) is 2.18. The van der Waals surface area contributed by atoms with Crippen molar-refractivity contribution in [1.29, 1.82) is 0 Å². The third kappa shape index (κ3) is 1.10. The molecule has 3 rings (SSSR count). The van der Waals surface area contributed by atoms with E-state index in [0.29, 0.717) is 11.1 Å². The molecular formula is C12H12N2O2. The molecule has 1 aliphatic heterocycles. The summed E-state index contributed by atoms with van der Waals surface area (Å²) in [6, 6.07) is 5.47. The average Bonchev–Trinajstić information content (AvgIpc) is 3.08. The quantitative estimate of drug-likeness (QED) is 0.762. The molecule has 1 saturated carbocycles. The molecule has 0 atom stereocenters. The van der Waals surface area contributed by atoms with Gasteiger partial charge in [0, 0.05) is 18.8 Å². The minimum atomic E-state index is -0.146. The summed E-state index contributed by atoms with van der Waals surface area (Å²) in [7, 11) is 1.76. The Morgan fingerprint density at radius 2 is 2.00 bits per heavy atom. The predicted octanol–water partition coefficient (Wildman–Crippen LogP) is 1.49. The van der Waals surface area contributed by atoms with Gasteiger partial charge in [-0.05, 0) is 25.0 Å². The predicted molar refractivity (Wildman–Crippen MR) is 59.5 cm³/mol. The molecule has 2 aliphatic rings. The van der Waals surface area contributed by atoms with Gasteiger partial charge in [0.1, 0.15) is 0 Å². The van der Waals surface area contributed by atoms with E-state index in [1.165, 1.54) is 4.90 Å². The van der Waals surface area contributed by atoms with Crippen LogP contribution in [0.5, 0.6) is 0 Å². The molecule has 1 aliphatic carbocycles. The van der Waals surface area contributed by atoms with Gasteiger partial charge < -0.3 is 5.32 Å². The van der Waals surface area contributed by atoms with E-state index >= 15 is 0 Å². The summed E-state index contributed by atoms with van der Waals surface area (Å²) < 4.78 is 0. The molecule has 1 aromatic rings. The number of nitrogens with zero attached hydrogens (tertiary/aromatic N) is 1. The lowest BCUT2D eigenvalue weighted by Gasteiger charge is -2.11. The Morgan fingerprint density at radius 1 is 1.25 bits per heavy atom. The van der Waals surface area contributed by atoms with Gasteiger partial charge in [0.05, 0.1) is 11.1 Å². The fourth-order valence-corrected chi connectivity index (χ4v) is 2.18.